The van der Waals surface area contributed by atoms with Crippen molar-refractivity contribution in [2.75, 3.05) is 24.5 Å². The van der Waals surface area contributed by atoms with Gasteiger partial charge in [-0.2, -0.15) is 0 Å². The fourth-order valence-corrected chi connectivity index (χ4v) is 2.63. The van der Waals surface area contributed by atoms with E-state index >= 15 is 0 Å². The van der Waals surface area contributed by atoms with E-state index in [9.17, 15) is 10.1 Å². The lowest BCUT2D eigenvalue weighted by Crippen LogP contribution is -2.37. The average molecular weight is 253 g/mol. The van der Waals surface area contributed by atoms with E-state index in [2.05, 4.69) is 9.88 Å². The van der Waals surface area contributed by atoms with Gasteiger partial charge in [-0.15, -0.1) is 0 Å². The van der Waals surface area contributed by atoms with Crippen molar-refractivity contribution in [3.05, 3.63) is 16.4 Å². The standard InChI is InChI=1S/C11H19N5O2/c1-14-8-13-10(16(17)18)11(14)15-6-2-3-9(7-15)4-5-12/h8-9H,2-7,12H2,1H3. The molecule has 1 aromatic rings. The summed E-state index contributed by atoms with van der Waals surface area (Å²) in [6, 6.07) is 0. The van der Waals surface area contributed by atoms with E-state index < -0.39 is 4.92 Å². The van der Waals surface area contributed by atoms with Gasteiger partial charge in [0.25, 0.3) is 0 Å². The summed E-state index contributed by atoms with van der Waals surface area (Å²) >= 11 is 0. The molecule has 7 heteroatoms. The number of rotatable bonds is 4. The molecule has 0 bridgehead atoms. The first-order chi connectivity index (χ1) is 8.63. The van der Waals surface area contributed by atoms with Crippen LogP contribution in [0.15, 0.2) is 6.33 Å². The van der Waals surface area contributed by atoms with E-state index in [-0.39, 0.29) is 5.82 Å². The second kappa shape index (κ2) is 5.34. The Hall–Kier alpha value is -1.63. The van der Waals surface area contributed by atoms with Crippen LogP contribution in [0.3, 0.4) is 0 Å². The Labute approximate surface area is 106 Å². The maximum Gasteiger partial charge on any atom is 0.406 e. The van der Waals surface area contributed by atoms with Crippen LogP contribution in [-0.4, -0.2) is 34.1 Å². The monoisotopic (exact) mass is 253 g/mol. The molecular formula is C11H19N5O2. The second-order valence-electron chi connectivity index (χ2n) is 4.79. The molecule has 2 N–H and O–H groups in total. The lowest BCUT2D eigenvalue weighted by atomic mass is 9.95. The first kappa shape index (κ1) is 12.8. The lowest BCUT2D eigenvalue weighted by molar-refractivity contribution is -0.388. The van der Waals surface area contributed by atoms with E-state index in [0.717, 1.165) is 32.4 Å². The largest absolute Gasteiger partial charge is 0.406 e. The van der Waals surface area contributed by atoms with Gasteiger partial charge in [0.05, 0.1) is 0 Å². The molecule has 0 aromatic carbocycles. The number of imidazole rings is 1. The third kappa shape index (κ3) is 2.45. The Morgan fingerprint density at radius 2 is 2.44 bits per heavy atom. The molecule has 2 heterocycles. The summed E-state index contributed by atoms with van der Waals surface area (Å²) in [6.07, 6.45) is 4.68. The smallest absolute Gasteiger partial charge is 0.358 e. The van der Waals surface area contributed by atoms with Crippen molar-refractivity contribution >= 4 is 11.6 Å². The Balaban J connectivity index is 2.20. The normalized spacial score (nSPS) is 20.1. The summed E-state index contributed by atoms with van der Waals surface area (Å²) < 4.78 is 1.73. The van der Waals surface area contributed by atoms with Crippen LogP contribution in [0.25, 0.3) is 0 Å². The molecule has 1 saturated heterocycles. The molecule has 0 spiro atoms. The zero-order valence-corrected chi connectivity index (χ0v) is 10.6. The van der Waals surface area contributed by atoms with Gasteiger partial charge in [-0.3, -0.25) is 4.57 Å². The van der Waals surface area contributed by atoms with Crippen molar-refractivity contribution in [3.8, 4) is 0 Å². The maximum absolute atomic E-state index is 11.0. The predicted octanol–water partition coefficient (Wildman–Crippen LogP) is 0.893. The quantitative estimate of drug-likeness (QED) is 0.635. The average Bonchev–Trinajstić information content (AvgIpc) is 2.72. The molecule has 1 fully saturated rings. The number of aryl methyl sites for hydroxylation is 1. The fraction of sp³-hybridized carbons (Fsp3) is 0.727. The molecular weight excluding hydrogens is 234 g/mol. The van der Waals surface area contributed by atoms with Crippen LogP contribution >= 0.6 is 0 Å². The van der Waals surface area contributed by atoms with Crippen molar-refractivity contribution in [1.82, 2.24) is 9.55 Å². The van der Waals surface area contributed by atoms with E-state index in [4.69, 9.17) is 5.73 Å². The van der Waals surface area contributed by atoms with Crippen LogP contribution in [0.4, 0.5) is 11.6 Å². The first-order valence-corrected chi connectivity index (χ1v) is 6.24. The third-order valence-corrected chi connectivity index (χ3v) is 3.45. The van der Waals surface area contributed by atoms with Crippen LogP contribution in [0.1, 0.15) is 19.3 Å². The summed E-state index contributed by atoms with van der Waals surface area (Å²) in [4.78, 5) is 16.5. The molecule has 2 rings (SSSR count). The van der Waals surface area contributed by atoms with Crippen molar-refractivity contribution in [2.45, 2.75) is 19.3 Å². The van der Waals surface area contributed by atoms with Crippen LogP contribution in [-0.2, 0) is 7.05 Å². The Morgan fingerprint density at radius 1 is 1.67 bits per heavy atom. The summed E-state index contributed by atoms with van der Waals surface area (Å²) in [5.74, 6) is 1.09. The number of aromatic nitrogens is 2. The number of nitrogens with two attached hydrogens (primary N) is 1. The van der Waals surface area contributed by atoms with Crippen molar-refractivity contribution < 1.29 is 4.92 Å². The number of nitro groups is 1. The SMILES string of the molecule is Cn1cnc([N+](=O)[O-])c1N1CCCC(CCN)C1. The summed E-state index contributed by atoms with van der Waals surface area (Å²) in [6.45, 7) is 2.35. The molecule has 7 nitrogen and oxygen atoms in total. The highest BCUT2D eigenvalue weighted by Crippen LogP contribution is 2.30. The van der Waals surface area contributed by atoms with Crippen LogP contribution in [0, 0.1) is 16.0 Å². The van der Waals surface area contributed by atoms with Crippen molar-refractivity contribution in [3.63, 3.8) is 0 Å². The topological polar surface area (TPSA) is 90.2 Å². The van der Waals surface area contributed by atoms with Crippen LogP contribution < -0.4 is 10.6 Å². The molecule has 1 aromatic heterocycles. The first-order valence-electron chi connectivity index (χ1n) is 6.24. The van der Waals surface area contributed by atoms with E-state index in [1.54, 1.807) is 11.6 Å². The van der Waals surface area contributed by atoms with Gasteiger partial charge in [0.1, 0.15) is 0 Å². The van der Waals surface area contributed by atoms with Crippen molar-refractivity contribution in [2.24, 2.45) is 18.7 Å². The highest BCUT2D eigenvalue weighted by atomic mass is 16.6. The Bertz CT molecular complexity index is 429. The predicted molar refractivity (Wildman–Crippen MR) is 68.5 cm³/mol. The summed E-state index contributed by atoms with van der Waals surface area (Å²) in [5.41, 5.74) is 5.59. The molecule has 1 aliphatic heterocycles. The number of nitrogens with zero attached hydrogens (tertiary/aromatic N) is 4. The molecule has 0 aliphatic carbocycles. The van der Waals surface area contributed by atoms with Gasteiger partial charge in [0.2, 0.25) is 12.1 Å². The fourth-order valence-electron chi connectivity index (χ4n) is 2.63. The molecule has 1 unspecified atom stereocenters. The number of piperidine rings is 1. The molecule has 0 saturated carbocycles. The summed E-state index contributed by atoms with van der Waals surface area (Å²) in [5, 5.41) is 11.0. The molecule has 1 atom stereocenters. The van der Waals surface area contributed by atoms with E-state index in [1.807, 2.05) is 0 Å². The summed E-state index contributed by atoms with van der Waals surface area (Å²) in [7, 11) is 1.79. The molecule has 100 valence electrons. The van der Waals surface area contributed by atoms with Crippen molar-refractivity contribution in [1.29, 1.82) is 0 Å². The van der Waals surface area contributed by atoms with Gasteiger partial charge in [0, 0.05) is 20.1 Å². The minimum absolute atomic E-state index is 0.0501. The third-order valence-electron chi connectivity index (χ3n) is 3.45. The second-order valence-corrected chi connectivity index (χ2v) is 4.79. The van der Waals surface area contributed by atoms with E-state index in [1.165, 1.54) is 6.33 Å². The Morgan fingerprint density at radius 3 is 3.11 bits per heavy atom. The highest BCUT2D eigenvalue weighted by Gasteiger charge is 2.29. The minimum Gasteiger partial charge on any atom is -0.358 e. The molecule has 0 amide bonds. The van der Waals surface area contributed by atoms with Gasteiger partial charge < -0.3 is 20.7 Å². The molecule has 18 heavy (non-hydrogen) atoms. The van der Waals surface area contributed by atoms with E-state index in [0.29, 0.717) is 18.3 Å². The van der Waals surface area contributed by atoms with Gasteiger partial charge in [-0.25, -0.2) is 0 Å². The van der Waals surface area contributed by atoms with Gasteiger partial charge in [-0.05, 0) is 41.6 Å². The van der Waals surface area contributed by atoms with Crippen LogP contribution in [0.5, 0.6) is 0 Å². The van der Waals surface area contributed by atoms with Gasteiger partial charge in [0.15, 0.2) is 0 Å². The number of anilines is 1. The number of hydrogen-bond acceptors (Lipinski definition) is 5. The lowest BCUT2D eigenvalue weighted by Gasteiger charge is -2.33. The number of hydrogen-bond donors (Lipinski definition) is 1. The minimum atomic E-state index is -0.415. The zero-order valence-electron chi connectivity index (χ0n) is 10.6. The molecule has 0 radical (unpaired) electrons. The van der Waals surface area contributed by atoms with Crippen LogP contribution in [0.2, 0.25) is 0 Å². The highest BCUT2D eigenvalue weighted by molar-refractivity contribution is 5.54. The maximum atomic E-state index is 11.0. The molecule has 1 aliphatic rings. The van der Waals surface area contributed by atoms with Gasteiger partial charge >= 0.3 is 5.82 Å². The Kier molecular flexibility index (Phi) is 3.81. The zero-order chi connectivity index (χ0) is 13.1. The van der Waals surface area contributed by atoms with Gasteiger partial charge in [-0.1, -0.05) is 0 Å².